The van der Waals surface area contributed by atoms with Gasteiger partial charge in [-0.05, 0) is 18.2 Å². The Balaban J connectivity index is 2.40. The van der Waals surface area contributed by atoms with Gasteiger partial charge < -0.3 is 0 Å². The first-order chi connectivity index (χ1) is 10.5. The van der Waals surface area contributed by atoms with Crippen molar-refractivity contribution in [2.24, 2.45) is 0 Å². The van der Waals surface area contributed by atoms with E-state index in [2.05, 4.69) is 5.10 Å². The highest BCUT2D eigenvalue weighted by atomic mass is 35.5. The van der Waals surface area contributed by atoms with Crippen LogP contribution in [0, 0.1) is 5.82 Å². The molecule has 0 saturated carbocycles. The molecule has 0 radical (unpaired) electrons. The quantitative estimate of drug-likeness (QED) is 0.842. The molecule has 0 fully saturated rings. The maximum Gasteiger partial charge on any atom is 0.432 e. The van der Waals surface area contributed by atoms with Gasteiger partial charge in [-0.25, -0.2) is 12.8 Å². The summed E-state index contributed by atoms with van der Waals surface area (Å²) in [7, 11) is -4.22. The Kier molecular flexibility index (Phi) is 4.49. The van der Waals surface area contributed by atoms with Gasteiger partial charge >= 0.3 is 6.18 Å². The van der Waals surface area contributed by atoms with Gasteiger partial charge in [0.25, 0.3) is 0 Å². The third-order valence-electron chi connectivity index (χ3n) is 2.70. The van der Waals surface area contributed by atoms with Crippen LogP contribution >= 0.6 is 11.6 Å². The Hall–Kier alpha value is -1.94. The number of aromatic amines is 1. The van der Waals surface area contributed by atoms with Crippen LogP contribution in [0.2, 0.25) is 5.02 Å². The average molecular weight is 371 g/mol. The zero-order valence-electron chi connectivity index (χ0n) is 11.0. The molecule has 0 aliphatic carbocycles. The molecule has 0 unspecified atom stereocenters. The molecule has 0 aliphatic heterocycles. The highest BCUT2D eigenvalue weighted by molar-refractivity contribution is 7.90. The summed E-state index contributed by atoms with van der Waals surface area (Å²) in [5.74, 6) is -1.91. The van der Waals surface area contributed by atoms with Gasteiger partial charge in [-0.15, -0.1) is 0 Å². The summed E-state index contributed by atoms with van der Waals surface area (Å²) in [6.07, 6.45) is -4.82. The molecule has 0 bridgehead atoms. The van der Waals surface area contributed by atoms with Crippen molar-refractivity contribution in [3.05, 3.63) is 56.7 Å². The van der Waals surface area contributed by atoms with Crippen LogP contribution in [0.25, 0.3) is 0 Å². The Labute approximate surface area is 131 Å². The van der Waals surface area contributed by atoms with Crippen molar-refractivity contribution in [3.63, 3.8) is 0 Å². The highest BCUT2D eigenvalue weighted by Gasteiger charge is 2.33. The predicted octanol–water partition coefficient (Wildman–Crippen LogP) is 2.56. The van der Waals surface area contributed by atoms with Crippen LogP contribution in [0.15, 0.2) is 34.0 Å². The lowest BCUT2D eigenvalue weighted by atomic mass is 10.3. The summed E-state index contributed by atoms with van der Waals surface area (Å²) in [5, 5.41) is 4.53. The molecule has 1 N–H and O–H groups in total. The molecular weight excluding hydrogens is 364 g/mol. The van der Waals surface area contributed by atoms with Crippen LogP contribution < -0.4 is 5.43 Å². The van der Waals surface area contributed by atoms with E-state index < -0.39 is 49.3 Å². The van der Waals surface area contributed by atoms with Gasteiger partial charge in [-0.2, -0.15) is 18.3 Å². The molecule has 1 aromatic heterocycles. The molecule has 1 aromatic carbocycles. The maximum absolute atomic E-state index is 13.2. The smallest absolute Gasteiger partial charge is 0.288 e. The molecule has 124 valence electrons. The van der Waals surface area contributed by atoms with Gasteiger partial charge in [0.2, 0.25) is 5.43 Å². The van der Waals surface area contributed by atoms with Crippen LogP contribution in [0.1, 0.15) is 11.4 Å². The van der Waals surface area contributed by atoms with E-state index in [9.17, 15) is 30.8 Å². The molecule has 0 saturated heterocycles. The Morgan fingerprint density at radius 2 is 1.83 bits per heavy atom. The number of nitrogens with zero attached hydrogens (tertiary/aromatic N) is 1. The number of hydrogen-bond donors (Lipinski definition) is 1. The number of aromatic nitrogens is 2. The van der Waals surface area contributed by atoms with Crippen molar-refractivity contribution in [2.75, 3.05) is 0 Å². The maximum atomic E-state index is 13.2. The van der Waals surface area contributed by atoms with E-state index in [1.807, 2.05) is 0 Å². The van der Waals surface area contributed by atoms with Crippen LogP contribution in [0.4, 0.5) is 17.6 Å². The summed E-state index contributed by atoms with van der Waals surface area (Å²) in [6, 6.07) is 2.72. The Morgan fingerprint density at radius 1 is 1.17 bits per heavy atom. The van der Waals surface area contributed by atoms with Gasteiger partial charge in [0.1, 0.15) is 23.0 Å². The van der Waals surface area contributed by atoms with E-state index in [0.29, 0.717) is 6.07 Å². The molecule has 0 spiro atoms. The number of H-pyrrole nitrogens is 1. The number of nitrogens with one attached hydrogen (secondary N) is 1. The van der Waals surface area contributed by atoms with Crippen molar-refractivity contribution in [3.8, 4) is 0 Å². The summed E-state index contributed by atoms with van der Waals surface area (Å²) < 4.78 is 74.6. The Bertz CT molecular complexity index is 889. The van der Waals surface area contributed by atoms with E-state index in [4.69, 9.17) is 11.6 Å². The predicted molar refractivity (Wildman–Crippen MR) is 72.2 cm³/mol. The van der Waals surface area contributed by atoms with Gasteiger partial charge in [0.15, 0.2) is 9.84 Å². The topological polar surface area (TPSA) is 79.9 Å². The van der Waals surface area contributed by atoms with Crippen molar-refractivity contribution >= 4 is 21.4 Å². The van der Waals surface area contributed by atoms with Crippen LogP contribution in [-0.2, 0) is 21.8 Å². The molecule has 23 heavy (non-hydrogen) atoms. The molecule has 1 heterocycles. The largest absolute Gasteiger partial charge is 0.432 e. The fraction of sp³-hybridized carbons (Fsp3) is 0.167. The third-order valence-corrected chi connectivity index (χ3v) is 4.52. The fourth-order valence-electron chi connectivity index (χ4n) is 1.65. The minimum atomic E-state index is -4.82. The first-order valence-electron chi connectivity index (χ1n) is 5.84. The molecule has 0 aliphatic rings. The van der Waals surface area contributed by atoms with Gasteiger partial charge in [0, 0.05) is 11.1 Å². The van der Waals surface area contributed by atoms with E-state index in [-0.39, 0.29) is 11.1 Å². The zero-order valence-corrected chi connectivity index (χ0v) is 12.6. The number of hydrogen-bond acceptors (Lipinski definition) is 4. The summed E-state index contributed by atoms with van der Waals surface area (Å²) in [4.78, 5) is 11.1. The van der Waals surface area contributed by atoms with E-state index in [1.54, 1.807) is 5.10 Å². The monoisotopic (exact) mass is 370 g/mol. The first-order valence-corrected chi connectivity index (χ1v) is 7.87. The molecule has 11 heteroatoms. The molecule has 0 amide bonds. The average Bonchev–Trinajstić information content (AvgIpc) is 2.38. The minimum Gasteiger partial charge on any atom is -0.288 e. The van der Waals surface area contributed by atoms with Crippen molar-refractivity contribution in [1.29, 1.82) is 0 Å². The first kappa shape index (κ1) is 17.4. The molecule has 5 nitrogen and oxygen atoms in total. The second-order valence-electron chi connectivity index (χ2n) is 4.45. The molecule has 2 rings (SSSR count). The SMILES string of the molecule is O=c1cc(C(F)(F)F)[nH]nc1CS(=O)(=O)c1cc(F)cc(Cl)c1. The van der Waals surface area contributed by atoms with Gasteiger partial charge in [-0.3, -0.25) is 9.89 Å². The van der Waals surface area contributed by atoms with Gasteiger partial charge in [-0.1, -0.05) is 11.6 Å². The van der Waals surface area contributed by atoms with Crippen LogP contribution in [-0.4, -0.2) is 18.6 Å². The normalized spacial score (nSPS) is 12.4. The third kappa shape index (κ3) is 4.08. The number of benzene rings is 1. The van der Waals surface area contributed by atoms with Crippen molar-refractivity contribution < 1.29 is 26.0 Å². The summed E-state index contributed by atoms with van der Waals surface area (Å²) in [5.41, 5.74) is -3.27. The number of rotatable bonds is 3. The number of alkyl halides is 3. The molecule has 0 atom stereocenters. The lowest BCUT2D eigenvalue weighted by Gasteiger charge is -2.07. The second-order valence-corrected chi connectivity index (χ2v) is 6.88. The fourth-order valence-corrected chi connectivity index (χ4v) is 3.27. The Morgan fingerprint density at radius 3 is 2.35 bits per heavy atom. The lowest BCUT2D eigenvalue weighted by Crippen LogP contribution is -2.21. The summed E-state index contributed by atoms with van der Waals surface area (Å²) >= 11 is 5.55. The highest BCUT2D eigenvalue weighted by Crippen LogP contribution is 2.26. The van der Waals surface area contributed by atoms with Crippen LogP contribution in [0.5, 0.6) is 0 Å². The van der Waals surface area contributed by atoms with Crippen molar-refractivity contribution in [1.82, 2.24) is 10.2 Å². The zero-order chi connectivity index (χ0) is 17.4. The molecular formula is C12H7ClF4N2O3S. The molecule has 2 aromatic rings. The van der Waals surface area contributed by atoms with Gasteiger partial charge in [0.05, 0.1) is 4.90 Å². The van der Waals surface area contributed by atoms with Crippen molar-refractivity contribution in [2.45, 2.75) is 16.8 Å². The lowest BCUT2D eigenvalue weighted by molar-refractivity contribution is -0.141. The standard InChI is InChI=1S/C12H7ClF4N2O3S/c13-6-1-7(14)3-8(2-6)23(21,22)5-9-10(20)4-11(19-18-9)12(15,16)17/h1-4H,5H2,(H,19,20). The van der Waals surface area contributed by atoms with E-state index >= 15 is 0 Å². The number of sulfone groups is 1. The number of halogens is 5. The van der Waals surface area contributed by atoms with Crippen LogP contribution in [0.3, 0.4) is 0 Å². The second kappa shape index (κ2) is 5.93. The summed E-state index contributed by atoms with van der Waals surface area (Å²) in [6.45, 7) is 0. The van der Waals surface area contributed by atoms with E-state index in [0.717, 1.165) is 12.1 Å². The van der Waals surface area contributed by atoms with E-state index in [1.165, 1.54) is 0 Å². The minimum absolute atomic E-state index is 0.183.